The average molecular weight is 261 g/mol. The van der Waals surface area contributed by atoms with Crippen molar-refractivity contribution in [2.75, 3.05) is 12.4 Å². The fourth-order valence-electron chi connectivity index (χ4n) is 1.76. The van der Waals surface area contributed by atoms with E-state index in [0.29, 0.717) is 11.3 Å². The van der Waals surface area contributed by atoms with Crippen LogP contribution in [0.3, 0.4) is 0 Å². The highest BCUT2D eigenvalue weighted by atomic mass is 16.5. The molecule has 1 aromatic carbocycles. The lowest BCUT2D eigenvalue weighted by Crippen LogP contribution is -2.13. The highest BCUT2D eigenvalue weighted by molar-refractivity contribution is 6.39. The minimum absolute atomic E-state index is 0.124. The van der Waals surface area contributed by atoms with E-state index in [4.69, 9.17) is 0 Å². The molecule has 0 saturated carbocycles. The van der Waals surface area contributed by atoms with E-state index in [1.807, 2.05) is 0 Å². The summed E-state index contributed by atoms with van der Waals surface area (Å²) in [5.41, 5.74) is 1.77. The van der Waals surface area contributed by atoms with E-state index in [2.05, 4.69) is 10.1 Å². The fourth-order valence-corrected chi connectivity index (χ4v) is 1.76. The van der Waals surface area contributed by atoms with Crippen LogP contribution < -0.4 is 5.32 Å². The van der Waals surface area contributed by atoms with Gasteiger partial charge in [-0.1, -0.05) is 0 Å². The highest BCUT2D eigenvalue weighted by Gasteiger charge is 2.19. The zero-order valence-corrected chi connectivity index (χ0v) is 10.1. The number of aliphatic hydroxyl groups excluding tert-OH is 1. The van der Waals surface area contributed by atoms with Gasteiger partial charge in [-0.15, -0.1) is 0 Å². The molecule has 2 rings (SSSR count). The summed E-state index contributed by atoms with van der Waals surface area (Å²) in [7, 11) is 1.08. The first kappa shape index (κ1) is 12.8. The molecule has 1 amide bonds. The predicted octanol–water partition coefficient (Wildman–Crippen LogP) is 0.822. The molecule has 1 aromatic rings. The molecule has 0 saturated heterocycles. The Bertz CT molecular complexity index is 603. The van der Waals surface area contributed by atoms with Gasteiger partial charge in [0.1, 0.15) is 5.76 Å². The van der Waals surface area contributed by atoms with Crippen LogP contribution in [0.1, 0.15) is 11.1 Å². The van der Waals surface area contributed by atoms with Gasteiger partial charge < -0.3 is 15.2 Å². The second-order valence-electron chi connectivity index (χ2n) is 3.98. The zero-order chi connectivity index (χ0) is 14.0. The van der Waals surface area contributed by atoms with E-state index >= 15 is 0 Å². The second-order valence-corrected chi connectivity index (χ2v) is 3.98. The number of benzene rings is 1. The third-order valence-corrected chi connectivity index (χ3v) is 2.68. The molecule has 0 spiro atoms. The third kappa shape index (κ3) is 2.62. The first-order valence-corrected chi connectivity index (χ1v) is 5.47. The number of anilines is 1. The molecule has 0 fully saturated rings. The third-order valence-electron chi connectivity index (χ3n) is 2.68. The lowest BCUT2D eigenvalue weighted by molar-refractivity contribution is -0.149. The molecule has 1 aliphatic rings. The smallest absolute Gasteiger partial charge is 0.378 e. The van der Waals surface area contributed by atoms with Crippen molar-refractivity contribution in [3.63, 3.8) is 0 Å². The van der Waals surface area contributed by atoms with E-state index in [0.717, 1.165) is 18.7 Å². The topological polar surface area (TPSA) is 92.7 Å². The summed E-state index contributed by atoms with van der Waals surface area (Å²) in [5, 5.41) is 12.4. The van der Waals surface area contributed by atoms with Crippen molar-refractivity contribution in [1.29, 1.82) is 0 Å². The van der Waals surface area contributed by atoms with Gasteiger partial charge in [0, 0.05) is 17.3 Å². The Morgan fingerprint density at radius 2 is 2.16 bits per heavy atom. The highest BCUT2D eigenvalue weighted by Crippen LogP contribution is 2.26. The van der Waals surface area contributed by atoms with Gasteiger partial charge in [-0.05, 0) is 23.8 Å². The SMILES string of the molecule is COC(=O)C(=O)/C=C(\O)c1ccc2c(c1)CC(=O)N2. The average Bonchev–Trinajstić information content (AvgIpc) is 2.76. The molecule has 0 unspecified atom stereocenters. The van der Waals surface area contributed by atoms with Crippen LogP contribution in [0, 0.1) is 0 Å². The minimum atomic E-state index is -1.05. The van der Waals surface area contributed by atoms with Crippen molar-refractivity contribution < 1.29 is 24.2 Å². The molecule has 1 aliphatic heterocycles. The molecule has 0 aliphatic carbocycles. The first-order valence-electron chi connectivity index (χ1n) is 5.47. The number of aliphatic hydroxyl groups is 1. The van der Waals surface area contributed by atoms with E-state index < -0.39 is 11.8 Å². The number of esters is 1. The second kappa shape index (κ2) is 4.93. The number of hydrogen-bond acceptors (Lipinski definition) is 5. The van der Waals surface area contributed by atoms with E-state index in [1.54, 1.807) is 18.2 Å². The number of hydrogen-bond donors (Lipinski definition) is 2. The van der Waals surface area contributed by atoms with Crippen LogP contribution in [0.15, 0.2) is 24.3 Å². The number of methoxy groups -OCH3 is 1. The molecule has 0 aromatic heterocycles. The van der Waals surface area contributed by atoms with E-state index in [9.17, 15) is 19.5 Å². The summed E-state index contributed by atoms with van der Waals surface area (Å²) in [6.07, 6.45) is 1.01. The summed E-state index contributed by atoms with van der Waals surface area (Å²) in [6, 6.07) is 4.76. The van der Waals surface area contributed by atoms with Crippen LogP contribution in [0.25, 0.3) is 5.76 Å². The molecule has 2 N–H and O–H groups in total. The predicted molar refractivity (Wildman–Crippen MR) is 66.4 cm³/mol. The molecule has 6 heteroatoms. The zero-order valence-electron chi connectivity index (χ0n) is 10.1. The van der Waals surface area contributed by atoms with Crippen LogP contribution in [0.5, 0.6) is 0 Å². The molecule has 19 heavy (non-hydrogen) atoms. The molecule has 0 bridgehead atoms. The van der Waals surface area contributed by atoms with Crippen molar-refractivity contribution in [2.45, 2.75) is 6.42 Å². The quantitative estimate of drug-likeness (QED) is 0.364. The van der Waals surface area contributed by atoms with Gasteiger partial charge in [-0.2, -0.15) is 0 Å². The van der Waals surface area contributed by atoms with Gasteiger partial charge in [0.2, 0.25) is 5.91 Å². The van der Waals surface area contributed by atoms with Crippen LogP contribution in [0.4, 0.5) is 5.69 Å². The van der Waals surface area contributed by atoms with Crippen molar-refractivity contribution in [1.82, 2.24) is 0 Å². The Labute approximate surface area is 108 Å². The molecule has 0 atom stereocenters. The maximum atomic E-state index is 11.3. The number of fused-ring (bicyclic) bond motifs is 1. The number of ketones is 1. The van der Waals surface area contributed by atoms with Crippen LogP contribution in [-0.4, -0.2) is 29.9 Å². The molecule has 1 heterocycles. The fraction of sp³-hybridized carbons (Fsp3) is 0.154. The number of amides is 1. The molecule has 6 nitrogen and oxygen atoms in total. The first-order chi connectivity index (χ1) is 9.01. The van der Waals surface area contributed by atoms with Gasteiger partial charge in [-0.3, -0.25) is 9.59 Å². The summed E-state index contributed by atoms with van der Waals surface area (Å²) in [5.74, 6) is -2.47. The molecular weight excluding hydrogens is 250 g/mol. The number of ether oxygens (including phenoxy) is 1. The minimum Gasteiger partial charge on any atom is -0.507 e. The standard InChI is InChI=1S/C13H11NO5/c1-19-13(18)11(16)6-10(15)7-2-3-9-8(4-7)5-12(17)14-9/h2-4,6,15H,5H2,1H3,(H,14,17)/b10-6-. The summed E-state index contributed by atoms with van der Waals surface area (Å²) < 4.78 is 4.24. The Kier molecular flexibility index (Phi) is 3.33. The lowest BCUT2D eigenvalue weighted by Gasteiger charge is -2.03. The maximum absolute atomic E-state index is 11.3. The number of rotatable bonds is 3. The van der Waals surface area contributed by atoms with Crippen LogP contribution >= 0.6 is 0 Å². The van der Waals surface area contributed by atoms with Crippen molar-refractivity contribution in [2.24, 2.45) is 0 Å². The van der Waals surface area contributed by atoms with Crippen molar-refractivity contribution in [3.8, 4) is 0 Å². The van der Waals surface area contributed by atoms with Crippen LogP contribution in [0.2, 0.25) is 0 Å². The molecule has 98 valence electrons. The van der Waals surface area contributed by atoms with Gasteiger partial charge in [-0.25, -0.2) is 4.79 Å². The number of carbonyl (C=O) groups is 3. The summed E-state index contributed by atoms with van der Waals surface area (Å²) >= 11 is 0. The largest absolute Gasteiger partial charge is 0.507 e. The van der Waals surface area contributed by atoms with E-state index in [-0.39, 0.29) is 18.1 Å². The Morgan fingerprint density at radius 3 is 2.84 bits per heavy atom. The van der Waals surface area contributed by atoms with Crippen molar-refractivity contribution in [3.05, 3.63) is 35.4 Å². The lowest BCUT2D eigenvalue weighted by atomic mass is 10.1. The molecule has 0 radical (unpaired) electrons. The normalized spacial score (nSPS) is 13.7. The Hall–Kier alpha value is -2.63. The monoisotopic (exact) mass is 261 g/mol. The maximum Gasteiger partial charge on any atom is 0.378 e. The van der Waals surface area contributed by atoms with Gasteiger partial charge in [0.15, 0.2) is 0 Å². The molecular formula is C13H11NO5. The van der Waals surface area contributed by atoms with Gasteiger partial charge in [0.25, 0.3) is 5.78 Å². The Balaban J connectivity index is 2.26. The van der Waals surface area contributed by atoms with Gasteiger partial charge in [0.05, 0.1) is 13.5 Å². The number of nitrogens with one attached hydrogen (secondary N) is 1. The Morgan fingerprint density at radius 1 is 1.42 bits per heavy atom. The van der Waals surface area contributed by atoms with Gasteiger partial charge >= 0.3 is 5.97 Å². The van der Waals surface area contributed by atoms with Crippen molar-refractivity contribution >= 4 is 29.1 Å². The van der Waals surface area contributed by atoms with E-state index in [1.165, 1.54) is 0 Å². The summed E-state index contributed by atoms with van der Waals surface area (Å²) in [4.78, 5) is 33.4. The number of carbonyl (C=O) groups excluding carboxylic acids is 3. The van der Waals surface area contributed by atoms with Crippen LogP contribution in [-0.2, 0) is 25.5 Å². The summed E-state index contributed by atoms with van der Waals surface area (Å²) in [6.45, 7) is 0.